The Hall–Kier alpha value is -2.47. The van der Waals surface area contributed by atoms with Gasteiger partial charge in [-0.3, -0.25) is 4.79 Å². The predicted molar refractivity (Wildman–Crippen MR) is 87.3 cm³/mol. The number of rotatable bonds is 6. The molecular weight excluding hydrogens is 317 g/mol. The van der Waals surface area contributed by atoms with Crippen LogP contribution in [0.2, 0.25) is 0 Å². The third kappa shape index (κ3) is 5.67. The molecule has 0 aliphatic rings. The maximum Gasteiger partial charge on any atom is 0.331 e. The van der Waals surface area contributed by atoms with Crippen LogP contribution < -0.4 is 5.32 Å². The summed E-state index contributed by atoms with van der Waals surface area (Å²) in [5.41, 5.74) is 0.375. The Kier molecular flexibility index (Phi) is 6.05. The summed E-state index contributed by atoms with van der Waals surface area (Å²) in [6, 6.07) is 9.99. The Bertz CT molecular complexity index is 724. The van der Waals surface area contributed by atoms with Crippen LogP contribution in [0.5, 0.6) is 0 Å². The summed E-state index contributed by atoms with van der Waals surface area (Å²) in [5, 5.41) is 2.49. The molecule has 1 heterocycles. The van der Waals surface area contributed by atoms with Crippen LogP contribution in [-0.4, -0.2) is 18.5 Å². The third-order valence-electron chi connectivity index (χ3n) is 2.92. The van der Waals surface area contributed by atoms with Gasteiger partial charge in [0.2, 0.25) is 0 Å². The number of thiophene rings is 1. The van der Waals surface area contributed by atoms with Gasteiger partial charge in [-0.2, -0.15) is 0 Å². The summed E-state index contributed by atoms with van der Waals surface area (Å²) < 4.78 is 18.2. The molecular formula is C17H16FNO3S. The first-order chi connectivity index (χ1) is 11.0. The lowest BCUT2D eigenvalue weighted by molar-refractivity contribution is -0.143. The first-order valence-electron chi connectivity index (χ1n) is 6.96. The van der Waals surface area contributed by atoms with Crippen molar-refractivity contribution in [1.82, 2.24) is 5.32 Å². The van der Waals surface area contributed by atoms with Gasteiger partial charge < -0.3 is 10.1 Å². The molecule has 6 heteroatoms. The fourth-order valence-corrected chi connectivity index (χ4v) is 2.54. The largest absolute Gasteiger partial charge is 0.452 e. The predicted octanol–water partition coefficient (Wildman–Crippen LogP) is 3.07. The number of halogens is 1. The van der Waals surface area contributed by atoms with E-state index >= 15 is 0 Å². The number of aryl methyl sites for hydroxylation is 1. The average molecular weight is 333 g/mol. The molecule has 1 aromatic carbocycles. The molecule has 1 aromatic heterocycles. The molecule has 0 radical (unpaired) electrons. The SMILES string of the molecule is Cc1ccc(/C=C/C(=O)OCC(=O)NCc2ccccc2F)s1. The van der Waals surface area contributed by atoms with Crippen LogP contribution in [0, 0.1) is 12.7 Å². The molecule has 1 amide bonds. The zero-order valence-electron chi connectivity index (χ0n) is 12.5. The quantitative estimate of drug-likeness (QED) is 0.653. The maximum absolute atomic E-state index is 13.4. The van der Waals surface area contributed by atoms with Crippen LogP contribution in [0.1, 0.15) is 15.3 Å². The summed E-state index contributed by atoms with van der Waals surface area (Å²) in [4.78, 5) is 25.2. The van der Waals surface area contributed by atoms with E-state index in [2.05, 4.69) is 5.32 Å². The highest BCUT2D eigenvalue weighted by Gasteiger charge is 2.07. The van der Waals surface area contributed by atoms with Gasteiger partial charge in [-0.25, -0.2) is 9.18 Å². The van der Waals surface area contributed by atoms with Crippen LogP contribution in [-0.2, 0) is 20.9 Å². The fraction of sp³-hybridized carbons (Fsp3) is 0.176. The van der Waals surface area contributed by atoms with Crippen molar-refractivity contribution in [3.63, 3.8) is 0 Å². The second-order valence-corrected chi connectivity index (χ2v) is 6.08. The average Bonchev–Trinajstić information content (AvgIpc) is 2.95. The smallest absolute Gasteiger partial charge is 0.331 e. The van der Waals surface area contributed by atoms with Gasteiger partial charge in [-0.15, -0.1) is 11.3 Å². The number of hydrogen-bond acceptors (Lipinski definition) is 4. The Balaban J connectivity index is 1.72. The fourth-order valence-electron chi connectivity index (χ4n) is 1.76. The normalized spacial score (nSPS) is 10.7. The van der Waals surface area contributed by atoms with Gasteiger partial charge in [0.25, 0.3) is 5.91 Å². The molecule has 0 saturated carbocycles. The lowest BCUT2D eigenvalue weighted by Crippen LogP contribution is -2.28. The van der Waals surface area contributed by atoms with E-state index in [1.807, 2.05) is 19.1 Å². The van der Waals surface area contributed by atoms with Gasteiger partial charge in [-0.1, -0.05) is 18.2 Å². The van der Waals surface area contributed by atoms with Gasteiger partial charge >= 0.3 is 5.97 Å². The van der Waals surface area contributed by atoms with E-state index in [9.17, 15) is 14.0 Å². The number of ether oxygens (including phenoxy) is 1. The van der Waals surface area contributed by atoms with E-state index in [0.717, 1.165) is 9.75 Å². The molecule has 0 aliphatic heterocycles. The number of benzene rings is 1. The van der Waals surface area contributed by atoms with E-state index in [4.69, 9.17) is 4.74 Å². The number of esters is 1. The summed E-state index contributed by atoms with van der Waals surface area (Å²) in [7, 11) is 0. The van der Waals surface area contributed by atoms with E-state index in [0.29, 0.717) is 5.56 Å². The van der Waals surface area contributed by atoms with Gasteiger partial charge in [0.05, 0.1) is 0 Å². The van der Waals surface area contributed by atoms with Crippen LogP contribution in [0.25, 0.3) is 6.08 Å². The van der Waals surface area contributed by atoms with E-state index < -0.39 is 18.5 Å². The molecule has 0 unspecified atom stereocenters. The van der Waals surface area contributed by atoms with E-state index in [-0.39, 0.29) is 12.4 Å². The summed E-state index contributed by atoms with van der Waals surface area (Å²) in [5.74, 6) is -1.47. The molecule has 2 aromatic rings. The Labute approximate surface area is 137 Å². The second-order valence-electron chi connectivity index (χ2n) is 4.76. The minimum atomic E-state index is -0.600. The van der Waals surface area contributed by atoms with Gasteiger partial charge in [0.1, 0.15) is 5.82 Å². The molecule has 2 rings (SSSR count). The first kappa shape index (κ1) is 16.9. The van der Waals surface area contributed by atoms with Crippen molar-refractivity contribution >= 4 is 29.3 Å². The second kappa shape index (κ2) is 8.24. The lowest BCUT2D eigenvalue weighted by atomic mass is 10.2. The molecule has 0 spiro atoms. The number of nitrogens with one attached hydrogen (secondary N) is 1. The van der Waals surface area contributed by atoms with Crippen molar-refractivity contribution in [3.8, 4) is 0 Å². The Morgan fingerprint density at radius 2 is 2.04 bits per heavy atom. The monoisotopic (exact) mass is 333 g/mol. The third-order valence-corrected chi connectivity index (χ3v) is 3.89. The first-order valence-corrected chi connectivity index (χ1v) is 7.77. The van der Waals surface area contributed by atoms with Gasteiger partial charge in [0.15, 0.2) is 6.61 Å². The molecule has 0 atom stereocenters. The van der Waals surface area contributed by atoms with Crippen molar-refractivity contribution in [2.45, 2.75) is 13.5 Å². The molecule has 23 heavy (non-hydrogen) atoms. The molecule has 4 nitrogen and oxygen atoms in total. The highest BCUT2D eigenvalue weighted by Crippen LogP contribution is 2.16. The molecule has 0 saturated heterocycles. The van der Waals surface area contributed by atoms with Crippen molar-refractivity contribution in [2.75, 3.05) is 6.61 Å². The standard InChI is InChI=1S/C17H16FNO3S/c1-12-6-7-14(23-12)8-9-17(21)22-11-16(20)19-10-13-4-2-3-5-15(13)18/h2-9H,10-11H2,1H3,(H,19,20)/b9-8+. The van der Waals surface area contributed by atoms with Gasteiger partial charge in [-0.05, 0) is 31.2 Å². The molecule has 0 aliphatic carbocycles. The minimum Gasteiger partial charge on any atom is -0.452 e. The summed E-state index contributed by atoms with van der Waals surface area (Å²) >= 11 is 1.55. The molecule has 120 valence electrons. The van der Waals surface area contributed by atoms with Crippen molar-refractivity contribution in [1.29, 1.82) is 0 Å². The topological polar surface area (TPSA) is 55.4 Å². The van der Waals surface area contributed by atoms with Crippen LogP contribution in [0.15, 0.2) is 42.5 Å². The number of hydrogen-bond donors (Lipinski definition) is 1. The lowest BCUT2D eigenvalue weighted by Gasteiger charge is -2.06. The van der Waals surface area contributed by atoms with Crippen LogP contribution >= 0.6 is 11.3 Å². The highest BCUT2D eigenvalue weighted by molar-refractivity contribution is 7.12. The summed E-state index contributed by atoms with van der Waals surface area (Å²) in [6.07, 6.45) is 2.91. The molecule has 0 bridgehead atoms. The number of carbonyl (C=O) groups excluding carboxylic acids is 2. The minimum absolute atomic E-state index is 0.0490. The Morgan fingerprint density at radius 1 is 1.26 bits per heavy atom. The molecule has 0 fully saturated rings. The van der Waals surface area contributed by atoms with Crippen molar-refractivity contribution < 1.29 is 18.7 Å². The number of amides is 1. The van der Waals surface area contributed by atoms with Crippen LogP contribution in [0.3, 0.4) is 0 Å². The zero-order valence-corrected chi connectivity index (χ0v) is 13.4. The zero-order chi connectivity index (χ0) is 16.7. The highest BCUT2D eigenvalue weighted by atomic mass is 32.1. The number of carbonyl (C=O) groups is 2. The van der Waals surface area contributed by atoms with E-state index in [1.165, 1.54) is 12.1 Å². The van der Waals surface area contributed by atoms with Crippen molar-refractivity contribution in [2.24, 2.45) is 0 Å². The maximum atomic E-state index is 13.4. The van der Waals surface area contributed by atoms with E-state index in [1.54, 1.807) is 35.6 Å². The Morgan fingerprint density at radius 3 is 2.74 bits per heavy atom. The summed E-state index contributed by atoms with van der Waals surface area (Å²) in [6.45, 7) is 1.62. The van der Waals surface area contributed by atoms with Crippen molar-refractivity contribution in [3.05, 3.63) is 63.6 Å². The van der Waals surface area contributed by atoms with Gasteiger partial charge in [0, 0.05) is 27.9 Å². The molecule has 1 N–H and O–H groups in total. The van der Waals surface area contributed by atoms with Crippen LogP contribution in [0.4, 0.5) is 4.39 Å².